The summed E-state index contributed by atoms with van der Waals surface area (Å²) in [5.74, 6) is 0.962. The van der Waals surface area contributed by atoms with Crippen molar-refractivity contribution in [3.63, 3.8) is 0 Å². The summed E-state index contributed by atoms with van der Waals surface area (Å²) < 4.78 is 2.46. The van der Waals surface area contributed by atoms with Crippen molar-refractivity contribution < 1.29 is 4.79 Å². The molecule has 1 aliphatic heterocycles. The van der Waals surface area contributed by atoms with Crippen LogP contribution in [0.25, 0.3) is 11.0 Å². The zero-order chi connectivity index (χ0) is 23.8. The molecule has 176 valence electrons. The molecule has 6 nitrogen and oxygen atoms in total. The van der Waals surface area contributed by atoms with Crippen molar-refractivity contribution >= 4 is 40.6 Å². The van der Waals surface area contributed by atoms with Crippen LogP contribution < -0.4 is 16.4 Å². The minimum Gasteiger partial charge on any atom is -0.397 e. The highest BCUT2D eigenvalue weighted by Gasteiger charge is 2.21. The van der Waals surface area contributed by atoms with Crippen molar-refractivity contribution in [1.82, 2.24) is 14.9 Å². The van der Waals surface area contributed by atoms with Crippen LogP contribution in [-0.4, -0.2) is 29.1 Å². The van der Waals surface area contributed by atoms with Crippen LogP contribution in [0.1, 0.15) is 30.0 Å². The predicted octanol–water partition coefficient (Wildman–Crippen LogP) is 5.40. The topological polar surface area (TPSA) is 85.0 Å². The van der Waals surface area contributed by atoms with Gasteiger partial charge in [-0.05, 0) is 56.1 Å². The van der Waals surface area contributed by atoms with Crippen LogP contribution in [0.5, 0.6) is 0 Å². The number of hydrogen-bond donors (Lipinski definition) is 3. The zero-order valence-electron chi connectivity index (χ0n) is 19.4. The molecule has 4 aromatic rings. The Balaban J connectivity index is 0.000000231. The Kier molecular flexibility index (Phi) is 8.22. The molecule has 0 saturated carbocycles. The minimum absolute atomic E-state index is 0.506. The number of nitrogen functional groups attached to an aromatic ring is 1. The highest BCUT2D eigenvalue weighted by atomic mass is 32.2. The molecular formula is C27H31N5OS. The number of amides is 1. The standard InChI is InChI=1S/C20H23N3S.C7H8N2O/c1-15-8-10-16(11-9-15)14-24-20-22-18-6-2-3-7-19(18)23(20)17-5-4-12-21-13-17;8-6-3-1-2-4-7(6)9-5-10/h2-3,6-11,17,21H,4-5,12-14H2,1H3;1-5H,8H2,(H,9,10). The van der Waals surface area contributed by atoms with Crippen LogP contribution in [0.2, 0.25) is 0 Å². The largest absolute Gasteiger partial charge is 0.397 e. The van der Waals surface area contributed by atoms with Crippen molar-refractivity contribution in [1.29, 1.82) is 0 Å². The van der Waals surface area contributed by atoms with Crippen LogP contribution in [0, 0.1) is 6.92 Å². The molecule has 1 saturated heterocycles. The van der Waals surface area contributed by atoms with E-state index in [0.717, 1.165) is 29.5 Å². The fraction of sp³-hybridized carbons (Fsp3) is 0.259. The summed E-state index contributed by atoms with van der Waals surface area (Å²) in [6.07, 6.45) is 3.07. The zero-order valence-corrected chi connectivity index (χ0v) is 20.2. The number of rotatable bonds is 6. The van der Waals surface area contributed by atoms with Gasteiger partial charge in [-0.2, -0.15) is 0 Å². The first-order valence-corrected chi connectivity index (χ1v) is 12.5. The molecular weight excluding hydrogens is 442 g/mol. The number of benzene rings is 3. The number of imidazole rings is 1. The molecule has 7 heteroatoms. The lowest BCUT2D eigenvalue weighted by atomic mass is 10.1. The lowest BCUT2D eigenvalue weighted by molar-refractivity contribution is -0.105. The SMILES string of the molecule is Cc1ccc(CSc2nc3ccccc3n2C2CCCNC2)cc1.Nc1ccccc1NC=O. The Labute approximate surface area is 205 Å². The predicted molar refractivity (Wildman–Crippen MR) is 142 cm³/mol. The van der Waals surface area contributed by atoms with Gasteiger partial charge < -0.3 is 20.9 Å². The van der Waals surface area contributed by atoms with Gasteiger partial charge in [0.15, 0.2) is 5.16 Å². The molecule has 2 heterocycles. The normalized spacial score (nSPS) is 15.4. The number of nitrogens with one attached hydrogen (secondary N) is 2. The molecule has 1 amide bonds. The summed E-state index contributed by atoms with van der Waals surface area (Å²) in [5.41, 5.74) is 11.7. The van der Waals surface area contributed by atoms with Gasteiger partial charge in [-0.3, -0.25) is 4.79 Å². The second-order valence-electron chi connectivity index (χ2n) is 8.38. The second kappa shape index (κ2) is 11.7. The smallest absolute Gasteiger partial charge is 0.211 e. The van der Waals surface area contributed by atoms with Gasteiger partial charge in [0.1, 0.15) is 0 Å². The Hall–Kier alpha value is -3.29. The molecule has 1 unspecified atom stereocenters. The van der Waals surface area contributed by atoms with Gasteiger partial charge in [-0.15, -0.1) is 0 Å². The number of aromatic nitrogens is 2. The number of nitrogens with zero attached hydrogens (tertiary/aromatic N) is 2. The average molecular weight is 474 g/mol. The number of nitrogens with two attached hydrogens (primary N) is 1. The third-order valence-corrected chi connectivity index (χ3v) is 6.89. The highest BCUT2D eigenvalue weighted by molar-refractivity contribution is 7.98. The second-order valence-corrected chi connectivity index (χ2v) is 9.32. The number of fused-ring (bicyclic) bond motifs is 1. The van der Waals surface area contributed by atoms with E-state index in [1.165, 1.54) is 29.5 Å². The van der Waals surface area contributed by atoms with Gasteiger partial charge in [0.25, 0.3) is 0 Å². The fourth-order valence-electron chi connectivity index (χ4n) is 4.06. The molecule has 1 aliphatic rings. The van der Waals surface area contributed by atoms with E-state index in [9.17, 15) is 4.79 Å². The molecule has 0 radical (unpaired) electrons. The van der Waals surface area contributed by atoms with Gasteiger partial charge in [0, 0.05) is 18.3 Å². The first kappa shape index (κ1) is 23.9. The summed E-state index contributed by atoms with van der Waals surface area (Å²) in [6.45, 7) is 4.31. The van der Waals surface area contributed by atoms with E-state index in [1.807, 2.05) is 23.9 Å². The third-order valence-electron chi connectivity index (χ3n) is 5.86. The molecule has 0 spiro atoms. The van der Waals surface area contributed by atoms with E-state index in [0.29, 0.717) is 23.8 Å². The van der Waals surface area contributed by atoms with Gasteiger partial charge in [0.05, 0.1) is 22.4 Å². The summed E-state index contributed by atoms with van der Waals surface area (Å²) in [4.78, 5) is 14.9. The number of hydrogen-bond acceptors (Lipinski definition) is 5. The van der Waals surface area contributed by atoms with Gasteiger partial charge >= 0.3 is 0 Å². The van der Waals surface area contributed by atoms with E-state index < -0.39 is 0 Å². The molecule has 34 heavy (non-hydrogen) atoms. The number of para-hydroxylation sites is 4. The van der Waals surface area contributed by atoms with Gasteiger partial charge in [0.2, 0.25) is 6.41 Å². The molecule has 3 aromatic carbocycles. The Morgan fingerprint density at radius 3 is 2.62 bits per heavy atom. The Morgan fingerprint density at radius 2 is 1.88 bits per heavy atom. The van der Waals surface area contributed by atoms with Crippen LogP contribution in [0.15, 0.2) is 78.0 Å². The molecule has 0 aliphatic carbocycles. The van der Waals surface area contributed by atoms with E-state index in [1.54, 1.807) is 12.1 Å². The monoisotopic (exact) mass is 473 g/mol. The molecule has 5 rings (SSSR count). The number of piperidine rings is 1. The minimum atomic E-state index is 0.506. The first-order chi connectivity index (χ1) is 16.7. The molecule has 1 aromatic heterocycles. The number of thioether (sulfide) groups is 1. The Bertz CT molecular complexity index is 1220. The van der Waals surface area contributed by atoms with Crippen LogP contribution >= 0.6 is 11.8 Å². The first-order valence-electron chi connectivity index (χ1n) is 11.6. The van der Waals surface area contributed by atoms with E-state index in [2.05, 4.69) is 70.7 Å². The van der Waals surface area contributed by atoms with Crippen molar-refractivity contribution in [3.8, 4) is 0 Å². The maximum absolute atomic E-state index is 9.96. The summed E-state index contributed by atoms with van der Waals surface area (Å²) in [6, 6.07) is 24.9. The number of carbonyl (C=O) groups excluding carboxylic acids is 1. The summed E-state index contributed by atoms with van der Waals surface area (Å²) in [7, 11) is 0. The van der Waals surface area contributed by atoms with Crippen molar-refractivity contribution in [3.05, 3.63) is 83.9 Å². The van der Waals surface area contributed by atoms with Gasteiger partial charge in [-0.25, -0.2) is 4.98 Å². The average Bonchev–Trinajstić information content (AvgIpc) is 3.25. The maximum Gasteiger partial charge on any atom is 0.211 e. The summed E-state index contributed by atoms with van der Waals surface area (Å²) in [5, 5.41) is 7.15. The molecule has 0 bridgehead atoms. The van der Waals surface area contributed by atoms with Crippen molar-refractivity contribution in [2.24, 2.45) is 0 Å². The van der Waals surface area contributed by atoms with Gasteiger partial charge in [-0.1, -0.05) is 65.9 Å². The van der Waals surface area contributed by atoms with E-state index in [4.69, 9.17) is 10.7 Å². The number of aryl methyl sites for hydroxylation is 1. The lowest BCUT2D eigenvalue weighted by Crippen LogP contribution is -2.31. The van der Waals surface area contributed by atoms with Crippen LogP contribution in [-0.2, 0) is 10.5 Å². The fourth-order valence-corrected chi connectivity index (χ4v) is 5.09. The Morgan fingerprint density at radius 1 is 1.12 bits per heavy atom. The van der Waals surface area contributed by atoms with Crippen LogP contribution in [0.3, 0.4) is 0 Å². The third kappa shape index (κ3) is 5.98. The van der Waals surface area contributed by atoms with Crippen molar-refractivity contribution in [2.75, 3.05) is 24.1 Å². The van der Waals surface area contributed by atoms with E-state index in [-0.39, 0.29) is 0 Å². The molecule has 4 N–H and O–H groups in total. The van der Waals surface area contributed by atoms with Crippen LogP contribution in [0.4, 0.5) is 11.4 Å². The number of carbonyl (C=O) groups is 1. The number of anilines is 2. The summed E-state index contributed by atoms with van der Waals surface area (Å²) >= 11 is 1.85. The quantitative estimate of drug-likeness (QED) is 0.198. The molecule has 1 fully saturated rings. The lowest BCUT2D eigenvalue weighted by Gasteiger charge is -2.26. The maximum atomic E-state index is 9.96. The molecule has 1 atom stereocenters. The van der Waals surface area contributed by atoms with Crippen molar-refractivity contribution in [2.45, 2.75) is 36.7 Å². The van der Waals surface area contributed by atoms with E-state index >= 15 is 0 Å². The highest BCUT2D eigenvalue weighted by Crippen LogP contribution is 2.32.